The van der Waals surface area contributed by atoms with Crippen molar-refractivity contribution in [2.45, 2.75) is 75.7 Å². The van der Waals surface area contributed by atoms with Crippen molar-refractivity contribution in [1.82, 2.24) is 4.90 Å². The van der Waals surface area contributed by atoms with Crippen LogP contribution in [0.15, 0.2) is 0 Å². The topological polar surface area (TPSA) is 91.8 Å². The van der Waals surface area contributed by atoms with E-state index < -0.39 is 31.7 Å². The van der Waals surface area contributed by atoms with Gasteiger partial charge in [0.15, 0.2) is 9.84 Å². The summed E-state index contributed by atoms with van der Waals surface area (Å²) in [5.41, 5.74) is -0.869. The fourth-order valence-electron chi connectivity index (χ4n) is 5.39. The van der Waals surface area contributed by atoms with E-state index in [0.717, 1.165) is 32.1 Å². The summed E-state index contributed by atoms with van der Waals surface area (Å²) in [6.07, 6.45) is 6.39. The van der Waals surface area contributed by atoms with Crippen LogP contribution < -0.4 is 0 Å². The standard InChI is InChI=1S/C19H31NO5S/c1-13(2)16(26(24,25)15-8-4-3-5-9-15)17(21)20-11-14-7-6-10-19(14,12-20)18(22)23/h13-16H,3-12H2,1-2H3,(H,22,23)/t14-,16?,19+/m0/s1. The number of hydrogen-bond acceptors (Lipinski definition) is 4. The van der Waals surface area contributed by atoms with Gasteiger partial charge >= 0.3 is 5.97 Å². The van der Waals surface area contributed by atoms with Gasteiger partial charge < -0.3 is 10.0 Å². The predicted molar refractivity (Wildman–Crippen MR) is 98.4 cm³/mol. The first-order chi connectivity index (χ1) is 12.2. The minimum absolute atomic E-state index is 0.0471. The van der Waals surface area contributed by atoms with Crippen LogP contribution in [0, 0.1) is 17.3 Å². The van der Waals surface area contributed by atoms with Crippen molar-refractivity contribution in [1.29, 1.82) is 0 Å². The van der Waals surface area contributed by atoms with Crippen LogP contribution in [0.2, 0.25) is 0 Å². The molecule has 3 fully saturated rings. The molecule has 0 aromatic rings. The van der Waals surface area contributed by atoms with Crippen LogP contribution in [0.4, 0.5) is 0 Å². The minimum Gasteiger partial charge on any atom is -0.481 e. The zero-order chi connectivity index (χ0) is 19.1. The van der Waals surface area contributed by atoms with Crippen LogP contribution >= 0.6 is 0 Å². The van der Waals surface area contributed by atoms with Crippen molar-refractivity contribution in [3.63, 3.8) is 0 Å². The molecule has 1 unspecified atom stereocenters. The second-order valence-corrected chi connectivity index (χ2v) is 11.1. The number of carbonyl (C=O) groups is 2. The quantitative estimate of drug-likeness (QED) is 0.785. The van der Waals surface area contributed by atoms with E-state index in [-0.39, 0.29) is 24.3 Å². The molecule has 1 aliphatic heterocycles. The highest BCUT2D eigenvalue weighted by molar-refractivity contribution is 7.93. The van der Waals surface area contributed by atoms with Gasteiger partial charge in [-0.25, -0.2) is 8.42 Å². The maximum Gasteiger partial charge on any atom is 0.311 e. The monoisotopic (exact) mass is 385 g/mol. The lowest BCUT2D eigenvalue weighted by Gasteiger charge is -2.31. The molecule has 0 aromatic heterocycles. The Balaban J connectivity index is 1.83. The summed E-state index contributed by atoms with van der Waals surface area (Å²) in [6, 6.07) is 0. The van der Waals surface area contributed by atoms with Gasteiger partial charge in [0.2, 0.25) is 5.91 Å². The zero-order valence-corrected chi connectivity index (χ0v) is 16.6. The molecule has 3 rings (SSSR count). The molecule has 3 atom stereocenters. The number of rotatable bonds is 5. The summed E-state index contributed by atoms with van der Waals surface area (Å²) >= 11 is 0. The molecule has 3 aliphatic rings. The van der Waals surface area contributed by atoms with Crippen molar-refractivity contribution >= 4 is 21.7 Å². The fraction of sp³-hybridized carbons (Fsp3) is 0.895. The number of carbonyl (C=O) groups excluding carboxylic acids is 1. The van der Waals surface area contributed by atoms with Crippen LogP contribution in [0.25, 0.3) is 0 Å². The van der Waals surface area contributed by atoms with E-state index in [2.05, 4.69) is 0 Å². The van der Waals surface area contributed by atoms with E-state index in [9.17, 15) is 23.1 Å². The number of amides is 1. The van der Waals surface area contributed by atoms with E-state index in [4.69, 9.17) is 0 Å². The molecule has 0 aromatic carbocycles. The number of likely N-dealkylation sites (tertiary alicyclic amines) is 1. The summed E-state index contributed by atoms with van der Waals surface area (Å²) in [6.45, 7) is 4.11. The number of fused-ring (bicyclic) bond motifs is 1. The summed E-state index contributed by atoms with van der Waals surface area (Å²) in [5, 5.41) is 8.26. The van der Waals surface area contributed by atoms with Crippen LogP contribution in [0.5, 0.6) is 0 Å². The molecular weight excluding hydrogens is 354 g/mol. The summed E-state index contributed by atoms with van der Waals surface area (Å²) in [5.74, 6) is -1.57. The third kappa shape index (κ3) is 3.16. The Morgan fingerprint density at radius 2 is 1.73 bits per heavy atom. The van der Waals surface area contributed by atoms with Gasteiger partial charge in [-0.3, -0.25) is 9.59 Å². The molecule has 1 N–H and O–H groups in total. The lowest BCUT2D eigenvalue weighted by atomic mass is 9.81. The summed E-state index contributed by atoms with van der Waals surface area (Å²) in [4.78, 5) is 26.6. The van der Waals surface area contributed by atoms with E-state index in [0.29, 0.717) is 25.8 Å². The molecule has 7 heteroatoms. The van der Waals surface area contributed by atoms with Gasteiger partial charge in [-0.15, -0.1) is 0 Å². The molecule has 1 heterocycles. The van der Waals surface area contributed by atoms with Gasteiger partial charge in [-0.2, -0.15) is 0 Å². The lowest BCUT2D eigenvalue weighted by Crippen LogP contribution is -2.49. The zero-order valence-electron chi connectivity index (χ0n) is 15.8. The highest BCUT2D eigenvalue weighted by Gasteiger charge is 2.57. The Kier molecular flexibility index (Phi) is 5.39. The average molecular weight is 386 g/mol. The smallest absolute Gasteiger partial charge is 0.311 e. The normalized spacial score (nSPS) is 31.2. The van der Waals surface area contributed by atoms with Gasteiger partial charge in [0.25, 0.3) is 0 Å². The third-order valence-electron chi connectivity index (χ3n) is 6.83. The van der Waals surface area contributed by atoms with E-state index >= 15 is 0 Å². The number of nitrogens with zero attached hydrogens (tertiary/aromatic N) is 1. The second kappa shape index (κ2) is 7.13. The minimum atomic E-state index is -3.56. The maximum atomic E-state index is 13.2. The molecule has 148 valence electrons. The fourth-order valence-corrected chi connectivity index (χ4v) is 7.99. The van der Waals surface area contributed by atoms with Crippen molar-refractivity contribution < 1.29 is 23.1 Å². The van der Waals surface area contributed by atoms with Crippen molar-refractivity contribution in [2.75, 3.05) is 13.1 Å². The number of carboxylic acids is 1. The Hall–Kier alpha value is -1.11. The molecule has 2 aliphatic carbocycles. The first-order valence-corrected chi connectivity index (χ1v) is 11.6. The lowest BCUT2D eigenvalue weighted by molar-refractivity contribution is -0.149. The second-order valence-electron chi connectivity index (χ2n) is 8.78. The number of sulfone groups is 1. The van der Waals surface area contributed by atoms with Crippen molar-refractivity contribution in [3.05, 3.63) is 0 Å². The highest BCUT2D eigenvalue weighted by Crippen LogP contribution is 2.49. The molecule has 2 saturated carbocycles. The van der Waals surface area contributed by atoms with E-state index in [1.807, 2.05) is 0 Å². The van der Waals surface area contributed by atoms with E-state index in [1.165, 1.54) is 0 Å². The number of hydrogen-bond donors (Lipinski definition) is 1. The summed E-state index contributed by atoms with van der Waals surface area (Å²) in [7, 11) is -3.56. The molecule has 0 radical (unpaired) electrons. The van der Waals surface area contributed by atoms with E-state index in [1.54, 1.807) is 18.7 Å². The highest BCUT2D eigenvalue weighted by atomic mass is 32.2. The first-order valence-electron chi connectivity index (χ1n) is 9.95. The third-order valence-corrected chi connectivity index (χ3v) is 9.68. The van der Waals surface area contributed by atoms with Gasteiger partial charge in [0, 0.05) is 13.1 Å². The van der Waals surface area contributed by atoms with Crippen molar-refractivity contribution in [3.8, 4) is 0 Å². The molecule has 6 nitrogen and oxygen atoms in total. The first kappa shape index (κ1) is 19.6. The molecular formula is C19H31NO5S. The molecule has 1 amide bonds. The number of aliphatic carboxylic acids is 1. The largest absolute Gasteiger partial charge is 0.481 e. The van der Waals surface area contributed by atoms with Gasteiger partial charge in [-0.05, 0) is 37.5 Å². The van der Waals surface area contributed by atoms with Crippen molar-refractivity contribution in [2.24, 2.45) is 17.3 Å². The molecule has 26 heavy (non-hydrogen) atoms. The number of carboxylic acid groups (broad SMARTS) is 1. The van der Waals surface area contributed by atoms with Crippen LogP contribution in [-0.2, 0) is 19.4 Å². The Morgan fingerprint density at radius 3 is 2.27 bits per heavy atom. The molecule has 0 bridgehead atoms. The SMILES string of the molecule is CC(C)C(C(=O)N1C[C@@H]2CCC[C@@]2(C(=O)O)C1)S(=O)(=O)C1CCCCC1. The van der Waals surface area contributed by atoms with Crippen LogP contribution in [0.3, 0.4) is 0 Å². The van der Waals surface area contributed by atoms with Gasteiger partial charge in [0.1, 0.15) is 5.25 Å². The molecule has 0 spiro atoms. The van der Waals surface area contributed by atoms with Crippen LogP contribution in [-0.4, -0.2) is 53.9 Å². The Morgan fingerprint density at radius 1 is 1.08 bits per heavy atom. The average Bonchev–Trinajstić information content (AvgIpc) is 3.13. The maximum absolute atomic E-state index is 13.2. The molecule has 1 saturated heterocycles. The Bertz CT molecular complexity index is 667. The predicted octanol–water partition coefficient (Wildman–Crippen LogP) is 2.47. The Labute approximate surface area is 156 Å². The summed E-state index contributed by atoms with van der Waals surface area (Å²) < 4.78 is 26.4. The van der Waals surface area contributed by atoms with Crippen LogP contribution in [0.1, 0.15) is 65.2 Å². The van der Waals surface area contributed by atoms with Gasteiger partial charge in [0.05, 0.1) is 10.7 Å². The van der Waals surface area contributed by atoms with Gasteiger partial charge in [-0.1, -0.05) is 39.5 Å².